The normalized spacial score (nSPS) is 12.4. The van der Waals surface area contributed by atoms with Crippen LogP contribution in [0.1, 0.15) is 50.3 Å². The zero-order valence-corrected chi connectivity index (χ0v) is 17.4. The number of hydrogen-bond donors (Lipinski definition) is 1. The Hall–Kier alpha value is -2.34. The number of nitrogens with one attached hydrogen (secondary N) is 1. The summed E-state index contributed by atoms with van der Waals surface area (Å²) in [7, 11) is -3.41. The molecule has 2 aromatic carbocycles. The minimum atomic E-state index is -3.41. The van der Waals surface area contributed by atoms with Gasteiger partial charge in [-0.2, -0.15) is 0 Å². The Labute approximate surface area is 168 Å². The summed E-state index contributed by atoms with van der Waals surface area (Å²) in [6, 6.07) is 16.6. The maximum atomic E-state index is 12.5. The Morgan fingerprint density at radius 2 is 1.61 bits per heavy atom. The largest absolute Gasteiger partial charge is 0.494 e. The van der Waals surface area contributed by atoms with Crippen molar-refractivity contribution in [2.24, 2.45) is 0 Å². The summed E-state index contributed by atoms with van der Waals surface area (Å²) in [5.74, 6) is -0.174. The number of amides is 1. The molecule has 0 aromatic heterocycles. The monoisotopic (exact) mass is 403 g/mol. The van der Waals surface area contributed by atoms with Gasteiger partial charge in [-0.15, -0.1) is 0 Å². The van der Waals surface area contributed by atoms with E-state index >= 15 is 0 Å². The minimum absolute atomic E-state index is 0.0489. The van der Waals surface area contributed by atoms with Crippen molar-refractivity contribution in [2.75, 3.05) is 18.1 Å². The first kappa shape index (κ1) is 22.0. The van der Waals surface area contributed by atoms with Gasteiger partial charge in [0.15, 0.2) is 9.84 Å². The second-order valence-electron chi connectivity index (χ2n) is 6.71. The third-order valence-electron chi connectivity index (χ3n) is 4.37. The predicted octanol–water partition coefficient (Wildman–Crippen LogP) is 3.90. The van der Waals surface area contributed by atoms with E-state index in [9.17, 15) is 13.2 Å². The Kier molecular flexibility index (Phi) is 8.51. The van der Waals surface area contributed by atoms with Crippen LogP contribution in [0.4, 0.5) is 0 Å². The van der Waals surface area contributed by atoms with E-state index < -0.39 is 27.5 Å². The number of ether oxygens (including phenoxy) is 1. The molecule has 1 unspecified atom stereocenters. The first-order valence-corrected chi connectivity index (χ1v) is 11.5. The van der Waals surface area contributed by atoms with Crippen molar-refractivity contribution in [1.29, 1.82) is 0 Å². The van der Waals surface area contributed by atoms with E-state index in [1.807, 2.05) is 68.4 Å². The lowest BCUT2D eigenvalue weighted by molar-refractivity contribution is -0.119. The molecule has 28 heavy (non-hydrogen) atoms. The highest BCUT2D eigenvalue weighted by Crippen LogP contribution is 2.24. The molecule has 2 rings (SSSR count). The molecule has 1 atom stereocenters. The number of rotatable bonds is 11. The summed E-state index contributed by atoms with van der Waals surface area (Å²) >= 11 is 0. The first-order chi connectivity index (χ1) is 13.4. The highest BCUT2D eigenvalue weighted by Gasteiger charge is 2.21. The van der Waals surface area contributed by atoms with Crippen molar-refractivity contribution < 1.29 is 17.9 Å². The summed E-state index contributed by atoms with van der Waals surface area (Å²) in [5.41, 5.74) is 1.76. The fourth-order valence-electron chi connectivity index (χ4n) is 2.97. The molecule has 0 heterocycles. The quantitative estimate of drug-likeness (QED) is 0.578. The molecule has 0 radical (unpaired) electrons. The first-order valence-electron chi connectivity index (χ1n) is 9.72. The van der Waals surface area contributed by atoms with Crippen LogP contribution in [0.25, 0.3) is 0 Å². The van der Waals surface area contributed by atoms with Gasteiger partial charge in [-0.3, -0.25) is 4.79 Å². The van der Waals surface area contributed by atoms with E-state index in [1.165, 1.54) is 0 Å². The second kappa shape index (κ2) is 10.9. The van der Waals surface area contributed by atoms with Crippen molar-refractivity contribution in [1.82, 2.24) is 5.32 Å². The van der Waals surface area contributed by atoms with Crippen LogP contribution in [0.2, 0.25) is 0 Å². The fraction of sp³-hybridized carbons (Fsp3) is 0.409. The lowest BCUT2D eigenvalue weighted by atomic mass is 9.98. The van der Waals surface area contributed by atoms with E-state index in [-0.39, 0.29) is 5.75 Å². The minimum Gasteiger partial charge on any atom is -0.494 e. The van der Waals surface area contributed by atoms with Gasteiger partial charge in [-0.25, -0.2) is 8.42 Å². The van der Waals surface area contributed by atoms with Gasteiger partial charge in [0.05, 0.1) is 18.4 Å². The van der Waals surface area contributed by atoms with E-state index in [4.69, 9.17) is 4.74 Å². The standard InChI is InChI=1S/C22H29NO4S/c1-3-5-9-16-28(25,26)17-21(24)23-22(18-10-7-6-8-11-18)19-12-14-20(15-13-19)27-4-2/h6-8,10-15,22H,3-5,9,16-17H2,1-2H3,(H,23,24). The van der Waals surface area contributed by atoms with Gasteiger partial charge in [0.1, 0.15) is 11.5 Å². The topological polar surface area (TPSA) is 72.5 Å². The Morgan fingerprint density at radius 1 is 0.964 bits per heavy atom. The number of sulfone groups is 1. The molecule has 2 aromatic rings. The zero-order chi connectivity index (χ0) is 20.4. The van der Waals surface area contributed by atoms with Crippen molar-refractivity contribution >= 4 is 15.7 Å². The van der Waals surface area contributed by atoms with Gasteiger partial charge in [0.2, 0.25) is 5.91 Å². The fourth-order valence-corrected chi connectivity index (χ4v) is 4.25. The van der Waals surface area contributed by atoms with Gasteiger partial charge in [-0.05, 0) is 36.6 Å². The van der Waals surface area contributed by atoms with E-state index in [0.29, 0.717) is 13.0 Å². The highest BCUT2D eigenvalue weighted by atomic mass is 32.2. The molecule has 0 aliphatic heterocycles. The smallest absolute Gasteiger partial charge is 0.235 e. The SMILES string of the molecule is CCCCCS(=O)(=O)CC(=O)NC(c1ccccc1)c1ccc(OCC)cc1. The van der Waals surface area contributed by atoms with Gasteiger partial charge >= 0.3 is 0 Å². The van der Waals surface area contributed by atoms with Crippen LogP contribution < -0.4 is 10.1 Å². The molecular formula is C22H29NO4S. The number of carbonyl (C=O) groups excluding carboxylic acids is 1. The number of hydrogen-bond acceptors (Lipinski definition) is 4. The van der Waals surface area contributed by atoms with E-state index in [2.05, 4.69) is 5.32 Å². The summed E-state index contributed by atoms with van der Waals surface area (Å²) in [5, 5.41) is 2.89. The lowest BCUT2D eigenvalue weighted by Crippen LogP contribution is -2.34. The molecular weight excluding hydrogens is 374 g/mol. The summed E-state index contributed by atoms with van der Waals surface area (Å²) in [6.07, 6.45) is 2.38. The summed E-state index contributed by atoms with van der Waals surface area (Å²) in [6.45, 7) is 4.51. The van der Waals surface area contributed by atoms with Crippen LogP contribution in [-0.4, -0.2) is 32.4 Å². The molecule has 0 bridgehead atoms. The molecule has 0 saturated heterocycles. The van der Waals surface area contributed by atoms with E-state index in [1.54, 1.807) is 0 Å². The van der Waals surface area contributed by atoms with Gasteiger partial charge in [0.25, 0.3) is 0 Å². The molecule has 0 saturated carbocycles. The predicted molar refractivity (Wildman–Crippen MR) is 112 cm³/mol. The maximum Gasteiger partial charge on any atom is 0.235 e. The third kappa shape index (κ3) is 7.00. The Morgan fingerprint density at radius 3 is 2.21 bits per heavy atom. The lowest BCUT2D eigenvalue weighted by Gasteiger charge is -2.20. The molecule has 0 fully saturated rings. The van der Waals surface area contributed by atoms with Crippen molar-refractivity contribution in [3.63, 3.8) is 0 Å². The Bertz CT molecular complexity index is 833. The molecule has 152 valence electrons. The van der Waals surface area contributed by atoms with Crippen LogP contribution in [0.3, 0.4) is 0 Å². The second-order valence-corrected chi connectivity index (χ2v) is 8.90. The molecule has 0 aliphatic carbocycles. The number of carbonyl (C=O) groups is 1. The molecule has 0 aliphatic rings. The maximum absolute atomic E-state index is 12.5. The molecule has 6 heteroatoms. The zero-order valence-electron chi connectivity index (χ0n) is 16.6. The summed E-state index contributed by atoms with van der Waals surface area (Å²) < 4.78 is 29.9. The Balaban J connectivity index is 2.15. The third-order valence-corrected chi connectivity index (χ3v) is 5.99. The van der Waals surface area contributed by atoms with E-state index in [0.717, 1.165) is 29.7 Å². The number of benzene rings is 2. The molecule has 0 spiro atoms. The molecule has 5 nitrogen and oxygen atoms in total. The van der Waals surface area contributed by atoms with Gasteiger partial charge < -0.3 is 10.1 Å². The van der Waals surface area contributed by atoms with Crippen molar-refractivity contribution in [3.05, 3.63) is 65.7 Å². The van der Waals surface area contributed by atoms with Crippen LogP contribution >= 0.6 is 0 Å². The van der Waals surface area contributed by atoms with Gasteiger partial charge in [0, 0.05) is 0 Å². The van der Waals surface area contributed by atoms with Gasteiger partial charge in [-0.1, -0.05) is 62.2 Å². The van der Waals surface area contributed by atoms with Crippen LogP contribution in [0.5, 0.6) is 5.75 Å². The molecule has 1 N–H and O–H groups in total. The van der Waals surface area contributed by atoms with Crippen LogP contribution in [0, 0.1) is 0 Å². The molecule has 1 amide bonds. The average Bonchev–Trinajstić information content (AvgIpc) is 2.67. The van der Waals surface area contributed by atoms with Crippen molar-refractivity contribution in [3.8, 4) is 5.75 Å². The average molecular weight is 404 g/mol. The van der Waals surface area contributed by atoms with Crippen LogP contribution in [0.15, 0.2) is 54.6 Å². The van der Waals surface area contributed by atoms with Crippen molar-refractivity contribution in [2.45, 2.75) is 39.2 Å². The highest BCUT2D eigenvalue weighted by molar-refractivity contribution is 7.92. The van der Waals surface area contributed by atoms with Crippen LogP contribution in [-0.2, 0) is 14.6 Å². The summed E-state index contributed by atoms with van der Waals surface area (Å²) in [4.78, 5) is 12.5. The number of unbranched alkanes of at least 4 members (excludes halogenated alkanes) is 2.